The first-order chi connectivity index (χ1) is 13.6. The maximum atomic E-state index is 13.3. The van der Waals surface area contributed by atoms with Crippen LogP contribution in [0.4, 0.5) is 31.7 Å². The highest BCUT2D eigenvalue weighted by atomic mass is 32.2. The third kappa shape index (κ3) is 3.86. The number of carbonyl (C=O) groups excluding carboxylic acids is 1. The third-order valence-electron chi connectivity index (χ3n) is 3.96. The van der Waals surface area contributed by atoms with Crippen molar-refractivity contribution in [3.63, 3.8) is 0 Å². The van der Waals surface area contributed by atoms with Crippen LogP contribution in [0.1, 0.15) is 5.56 Å². The summed E-state index contributed by atoms with van der Waals surface area (Å²) in [6.07, 6.45) is 1.68. The Morgan fingerprint density at radius 2 is 1.93 bits per heavy atom. The summed E-state index contributed by atoms with van der Waals surface area (Å²) in [7, 11) is 0. The highest BCUT2D eigenvalue weighted by Crippen LogP contribution is 2.34. The fourth-order valence-electron chi connectivity index (χ4n) is 2.67. The van der Waals surface area contributed by atoms with Crippen molar-refractivity contribution in [2.24, 2.45) is 4.99 Å². The van der Waals surface area contributed by atoms with Crippen LogP contribution < -0.4 is 10.6 Å². The molecule has 1 amide bonds. The molecule has 0 bridgehead atoms. The number of carbonyl (C=O) groups is 1. The monoisotopic (exact) mass is 396 g/mol. The van der Waals surface area contributed by atoms with Crippen molar-refractivity contribution in [1.29, 1.82) is 0 Å². The zero-order valence-electron chi connectivity index (χ0n) is 14.4. The Bertz CT molecular complexity index is 1090. The van der Waals surface area contributed by atoms with Gasteiger partial charge in [0.15, 0.2) is 17.5 Å². The number of thioether (sulfide) groups is 1. The number of para-hydroxylation sites is 1. The lowest BCUT2D eigenvalue weighted by atomic mass is 10.2. The number of fused-ring (bicyclic) bond motifs is 2. The van der Waals surface area contributed by atoms with E-state index in [1.807, 2.05) is 30.3 Å². The van der Waals surface area contributed by atoms with Crippen LogP contribution in [0.15, 0.2) is 65.8 Å². The molecule has 0 atom stereocenters. The van der Waals surface area contributed by atoms with E-state index in [4.69, 9.17) is 0 Å². The maximum absolute atomic E-state index is 13.3. The summed E-state index contributed by atoms with van der Waals surface area (Å²) >= 11 is 1.25. The average Bonchev–Trinajstić information content (AvgIpc) is 2.85. The summed E-state index contributed by atoms with van der Waals surface area (Å²) in [4.78, 5) is 21.2. The van der Waals surface area contributed by atoms with Gasteiger partial charge in [-0.2, -0.15) is 0 Å². The summed E-state index contributed by atoms with van der Waals surface area (Å²) in [5.74, 6) is -1.63. The molecule has 0 fully saturated rings. The number of amides is 1. The molecule has 4 rings (SSSR count). The smallest absolute Gasteiger partial charge is 0.234 e. The number of benzene rings is 2. The number of hydrogen-bond donors (Lipinski definition) is 2. The molecule has 140 valence electrons. The fraction of sp³-hybridized carbons (Fsp3) is 0.0500. The first-order valence-corrected chi connectivity index (χ1v) is 9.36. The van der Waals surface area contributed by atoms with Crippen LogP contribution >= 0.6 is 11.8 Å². The van der Waals surface area contributed by atoms with Crippen molar-refractivity contribution >= 4 is 45.6 Å². The molecule has 0 unspecified atom stereocenters. The molecule has 3 aromatic rings. The minimum atomic E-state index is -1.01. The number of pyridine rings is 1. The van der Waals surface area contributed by atoms with Gasteiger partial charge in [0.1, 0.15) is 10.7 Å². The van der Waals surface area contributed by atoms with Gasteiger partial charge >= 0.3 is 0 Å². The van der Waals surface area contributed by atoms with Crippen LogP contribution in [0.25, 0.3) is 0 Å². The zero-order valence-corrected chi connectivity index (χ0v) is 15.3. The Balaban J connectivity index is 1.54. The van der Waals surface area contributed by atoms with Crippen LogP contribution in [-0.2, 0) is 4.79 Å². The predicted molar refractivity (Wildman–Crippen MR) is 108 cm³/mol. The molecule has 2 N–H and O–H groups in total. The Kier molecular flexibility index (Phi) is 5.03. The molecule has 0 saturated carbocycles. The van der Waals surface area contributed by atoms with E-state index in [1.165, 1.54) is 17.8 Å². The van der Waals surface area contributed by atoms with Crippen molar-refractivity contribution < 1.29 is 13.6 Å². The quantitative estimate of drug-likeness (QED) is 0.663. The number of rotatable bonds is 3. The van der Waals surface area contributed by atoms with Gasteiger partial charge in [0.05, 0.1) is 5.75 Å². The van der Waals surface area contributed by atoms with E-state index in [2.05, 4.69) is 20.6 Å². The van der Waals surface area contributed by atoms with Crippen molar-refractivity contribution in [3.8, 4) is 0 Å². The molecule has 28 heavy (non-hydrogen) atoms. The van der Waals surface area contributed by atoms with Gasteiger partial charge in [0, 0.05) is 29.2 Å². The lowest BCUT2D eigenvalue weighted by Crippen LogP contribution is -2.16. The van der Waals surface area contributed by atoms with E-state index in [9.17, 15) is 13.6 Å². The average molecular weight is 396 g/mol. The molecule has 0 saturated heterocycles. The summed E-state index contributed by atoms with van der Waals surface area (Å²) in [5, 5.41) is 6.48. The SMILES string of the molecule is O=C(CSC1=Nc2cccnc2Nc2ccccc21)Nc1ccc(F)c(F)c1. The predicted octanol–water partition coefficient (Wildman–Crippen LogP) is 4.87. The van der Waals surface area contributed by atoms with Crippen LogP contribution in [0, 0.1) is 11.6 Å². The van der Waals surface area contributed by atoms with Gasteiger partial charge in [-0.3, -0.25) is 4.79 Å². The summed E-state index contributed by atoms with van der Waals surface area (Å²) < 4.78 is 26.3. The number of nitrogens with zero attached hydrogens (tertiary/aromatic N) is 2. The van der Waals surface area contributed by atoms with Gasteiger partial charge in [0.25, 0.3) is 0 Å². The second kappa shape index (κ2) is 7.77. The Labute approximate surface area is 163 Å². The molecule has 1 aliphatic rings. The fourth-order valence-corrected chi connectivity index (χ4v) is 3.51. The molecular weight excluding hydrogens is 382 g/mol. The first-order valence-electron chi connectivity index (χ1n) is 8.38. The molecule has 2 heterocycles. The van der Waals surface area contributed by atoms with Gasteiger partial charge in [-0.25, -0.2) is 18.8 Å². The number of hydrogen-bond acceptors (Lipinski definition) is 5. The van der Waals surface area contributed by atoms with E-state index in [0.717, 1.165) is 23.4 Å². The van der Waals surface area contributed by atoms with Crippen molar-refractivity contribution in [2.45, 2.75) is 0 Å². The molecule has 1 aliphatic heterocycles. The van der Waals surface area contributed by atoms with Crippen molar-refractivity contribution in [3.05, 3.63) is 78.0 Å². The van der Waals surface area contributed by atoms with E-state index in [0.29, 0.717) is 16.5 Å². The normalized spacial score (nSPS) is 12.1. The van der Waals surface area contributed by atoms with Crippen molar-refractivity contribution in [1.82, 2.24) is 4.98 Å². The number of anilines is 3. The minimum Gasteiger partial charge on any atom is -0.338 e. The number of aromatic nitrogens is 1. The topological polar surface area (TPSA) is 66.4 Å². The van der Waals surface area contributed by atoms with Crippen LogP contribution in [0.5, 0.6) is 0 Å². The Hall–Kier alpha value is -3.26. The lowest BCUT2D eigenvalue weighted by molar-refractivity contribution is -0.113. The summed E-state index contributed by atoms with van der Waals surface area (Å²) in [6.45, 7) is 0. The molecular formula is C20H14F2N4OS. The molecule has 5 nitrogen and oxygen atoms in total. The maximum Gasteiger partial charge on any atom is 0.234 e. The molecule has 0 spiro atoms. The lowest BCUT2D eigenvalue weighted by Gasteiger charge is -2.10. The minimum absolute atomic E-state index is 0.0573. The third-order valence-corrected chi connectivity index (χ3v) is 4.95. The highest BCUT2D eigenvalue weighted by Gasteiger charge is 2.18. The molecule has 0 aliphatic carbocycles. The number of halogens is 2. The molecule has 8 heteroatoms. The summed E-state index contributed by atoms with van der Waals surface area (Å²) in [6, 6.07) is 14.5. The molecule has 0 radical (unpaired) electrons. The molecule has 1 aromatic heterocycles. The van der Waals surface area contributed by atoms with Crippen molar-refractivity contribution in [2.75, 3.05) is 16.4 Å². The van der Waals surface area contributed by atoms with Crippen LogP contribution in [0.3, 0.4) is 0 Å². The zero-order chi connectivity index (χ0) is 19.5. The number of aliphatic imine (C=N–C) groups is 1. The van der Waals surface area contributed by atoms with E-state index in [-0.39, 0.29) is 17.3 Å². The van der Waals surface area contributed by atoms with E-state index < -0.39 is 11.6 Å². The largest absolute Gasteiger partial charge is 0.338 e. The van der Waals surface area contributed by atoms with Crippen LogP contribution in [0.2, 0.25) is 0 Å². The van der Waals surface area contributed by atoms with Crippen LogP contribution in [-0.4, -0.2) is 21.7 Å². The Morgan fingerprint density at radius 1 is 1.07 bits per heavy atom. The van der Waals surface area contributed by atoms with Gasteiger partial charge in [-0.1, -0.05) is 30.0 Å². The van der Waals surface area contributed by atoms with E-state index in [1.54, 1.807) is 12.3 Å². The van der Waals surface area contributed by atoms with Gasteiger partial charge in [-0.05, 0) is 30.3 Å². The van der Waals surface area contributed by atoms with Gasteiger partial charge < -0.3 is 10.6 Å². The first kappa shape index (κ1) is 18.1. The molecule has 2 aromatic carbocycles. The van der Waals surface area contributed by atoms with Gasteiger partial charge in [0.2, 0.25) is 5.91 Å². The standard InChI is InChI=1S/C20H14F2N4OS/c21-14-8-7-12(10-15(14)22)24-18(27)11-28-20-13-4-1-2-5-16(13)25-19-17(26-20)6-3-9-23-19/h1-10H,11H2,(H,23,25)(H,24,27). The van der Waals surface area contributed by atoms with E-state index >= 15 is 0 Å². The second-order valence-corrected chi connectivity index (χ2v) is 6.89. The summed E-state index contributed by atoms with van der Waals surface area (Å²) in [5.41, 5.74) is 2.56. The second-order valence-electron chi connectivity index (χ2n) is 5.92. The number of nitrogens with one attached hydrogen (secondary N) is 2. The van der Waals surface area contributed by atoms with Gasteiger partial charge in [-0.15, -0.1) is 0 Å². The Morgan fingerprint density at radius 3 is 2.79 bits per heavy atom. The highest BCUT2D eigenvalue weighted by molar-refractivity contribution is 8.15.